The fourth-order valence-corrected chi connectivity index (χ4v) is 1.60. The molecule has 1 amide bonds. The molecule has 0 spiro atoms. The van der Waals surface area contributed by atoms with Crippen molar-refractivity contribution in [1.82, 2.24) is 5.32 Å². The Morgan fingerprint density at radius 2 is 2.06 bits per heavy atom. The number of phenols is 1. The second-order valence-corrected chi connectivity index (χ2v) is 4.45. The molecule has 0 bridgehead atoms. The minimum absolute atomic E-state index is 0.0309. The van der Waals surface area contributed by atoms with Gasteiger partial charge in [0.1, 0.15) is 5.75 Å². The molecule has 0 radical (unpaired) electrons. The summed E-state index contributed by atoms with van der Waals surface area (Å²) in [5.74, 6) is -2.33. The molecule has 0 saturated heterocycles. The summed E-state index contributed by atoms with van der Waals surface area (Å²) in [6.07, 6.45) is 0. The van der Waals surface area contributed by atoms with Crippen molar-refractivity contribution in [2.45, 2.75) is 6.04 Å². The topological polar surface area (TPSA) is 107 Å². The van der Waals surface area contributed by atoms with Crippen molar-refractivity contribution >= 4 is 34.5 Å². The number of amides is 1. The van der Waals surface area contributed by atoms with E-state index in [9.17, 15) is 14.7 Å². The van der Waals surface area contributed by atoms with Crippen LogP contribution in [0.4, 0.5) is 0 Å². The summed E-state index contributed by atoms with van der Waals surface area (Å²) in [4.78, 5) is 22.3. The number of halogens is 1. The Balaban J connectivity index is 2.89. The molecular formula is C10H10INO5. The van der Waals surface area contributed by atoms with Gasteiger partial charge in [0.2, 0.25) is 0 Å². The zero-order valence-corrected chi connectivity index (χ0v) is 10.7. The maximum Gasteiger partial charge on any atom is 0.328 e. The summed E-state index contributed by atoms with van der Waals surface area (Å²) in [6.45, 7) is -0.717. The lowest BCUT2D eigenvalue weighted by Gasteiger charge is -2.12. The van der Waals surface area contributed by atoms with Crippen LogP contribution in [0.15, 0.2) is 18.2 Å². The third kappa shape index (κ3) is 3.56. The number of nitrogens with one attached hydrogen (secondary N) is 1. The van der Waals surface area contributed by atoms with E-state index < -0.39 is 24.5 Å². The van der Waals surface area contributed by atoms with Gasteiger partial charge in [-0.05, 0) is 40.8 Å². The molecule has 1 aromatic rings. The van der Waals surface area contributed by atoms with Gasteiger partial charge in [-0.3, -0.25) is 4.79 Å². The van der Waals surface area contributed by atoms with Crippen LogP contribution in [0.1, 0.15) is 10.4 Å². The average Bonchev–Trinajstić information content (AvgIpc) is 2.28. The van der Waals surface area contributed by atoms with Crippen molar-refractivity contribution in [3.05, 3.63) is 27.3 Å². The highest BCUT2D eigenvalue weighted by Crippen LogP contribution is 2.19. The van der Waals surface area contributed by atoms with Gasteiger partial charge in [0, 0.05) is 3.57 Å². The zero-order valence-electron chi connectivity index (χ0n) is 8.55. The first-order valence-electron chi connectivity index (χ1n) is 4.58. The highest BCUT2D eigenvalue weighted by atomic mass is 127. The lowest BCUT2D eigenvalue weighted by molar-refractivity contribution is -0.140. The van der Waals surface area contributed by atoms with Crippen LogP contribution in [0, 0.1) is 3.57 Å². The Kier molecular flexibility index (Phi) is 4.70. The Morgan fingerprint density at radius 3 is 2.59 bits per heavy atom. The van der Waals surface area contributed by atoms with Crippen LogP contribution in [0.3, 0.4) is 0 Å². The van der Waals surface area contributed by atoms with Crippen molar-refractivity contribution in [2.75, 3.05) is 6.61 Å². The van der Waals surface area contributed by atoms with Gasteiger partial charge in [-0.1, -0.05) is 0 Å². The van der Waals surface area contributed by atoms with Crippen molar-refractivity contribution in [3.8, 4) is 5.75 Å². The lowest BCUT2D eigenvalue weighted by atomic mass is 10.1. The predicted molar refractivity (Wildman–Crippen MR) is 66.8 cm³/mol. The summed E-state index contributed by atoms with van der Waals surface area (Å²) in [5.41, 5.74) is -0.0309. The number of benzene rings is 1. The van der Waals surface area contributed by atoms with Crippen molar-refractivity contribution in [1.29, 1.82) is 0 Å². The lowest BCUT2D eigenvalue weighted by Crippen LogP contribution is -2.43. The minimum atomic E-state index is -1.39. The van der Waals surface area contributed by atoms with E-state index in [1.54, 1.807) is 6.07 Å². The molecule has 1 unspecified atom stereocenters. The molecular weight excluding hydrogens is 341 g/mol. The molecule has 1 rings (SSSR count). The maximum atomic E-state index is 11.6. The number of hydrogen-bond acceptors (Lipinski definition) is 4. The molecule has 0 saturated carbocycles. The third-order valence-corrected chi connectivity index (χ3v) is 2.66. The molecule has 0 fully saturated rings. The summed E-state index contributed by atoms with van der Waals surface area (Å²) in [5, 5.41) is 29.0. The SMILES string of the molecule is O=C(NC(CO)C(=O)O)c1cc(I)ccc1O. The van der Waals surface area contributed by atoms with E-state index in [1.807, 2.05) is 22.6 Å². The van der Waals surface area contributed by atoms with Gasteiger partial charge in [-0.2, -0.15) is 0 Å². The van der Waals surface area contributed by atoms with Crippen LogP contribution in [0.2, 0.25) is 0 Å². The van der Waals surface area contributed by atoms with E-state index in [4.69, 9.17) is 10.2 Å². The van der Waals surface area contributed by atoms with Gasteiger partial charge in [0.15, 0.2) is 6.04 Å². The molecule has 17 heavy (non-hydrogen) atoms. The molecule has 0 aliphatic rings. The van der Waals surface area contributed by atoms with E-state index in [1.165, 1.54) is 12.1 Å². The number of hydrogen-bond donors (Lipinski definition) is 4. The van der Waals surface area contributed by atoms with Crippen LogP contribution in [0.25, 0.3) is 0 Å². The van der Waals surface area contributed by atoms with E-state index >= 15 is 0 Å². The standard InChI is InChI=1S/C10H10INO5/c11-5-1-2-8(14)6(3-5)9(15)12-7(4-13)10(16)17/h1-3,7,13-14H,4H2,(H,12,15)(H,16,17). The Hall–Kier alpha value is -1.35. The second-order valence-electron chi connectivity index (χ2n) is 3.21. The second kappa shape index (κ2) is 5.82. The van der Waals surface area contributed by atoms with Crippen LogP contribution in [-0.4, -0.2) is 39.8 Å². The Labute approximate surface area is 110 Å². The number of carboxylic acid groups (broad SMARTS) is 1. The minimum Gasteiger partial charge on any atom is -0.507 e. The van der Waals surface area contributed by atoms with Gasteiger partial charge in [0.25, 0.3) is 5.91 Å². The van der Waals surface area contributed by atoms with Crippen LogP contribution >= 0.6 is 22.6 Å². The average molecular weight is 351 g/mol. The summed E-state index contributed by atoms with van der Waals surface area (Å²) in [6, 6.07) is 2.97. The van der Waals surface area contributed by atoms with Crippen molar-refractivity contribution in [3.63, 3.8) is 0 Å². The van der Waals surface area contributed by atoms with Crippen LogP contribution in [0.5, 0.6) is 5.75 Å². The highest BCUT2D eigenvalue weighted by Gasteiger charge is 2.21. The number of aliphatic carboxylic acids is 1. The number of rotatable bonds is 4. The number of aliphatic hydroxyl groups is 1. The summed E-state index contributed by atoms with van der Waals surface area (Å²) in [7, 11) is 0. The summed E-state index contributed by atoms with van der Waals surface area (Å²) >= 11 is 1.95. The van der Waals surface area contributed by atoms with Gasteiger partial charge in [-0.15, -0.1) is 0 Å². The first-order valence-corrected chi connectivity index (χ1v) is 5.66. The van der Waals surface area contributed by atoms with Gasteiger partial charge in [-0.25, -0.2) is 4.79 Å². The van der Waals surface area contributed by atoms with Gasteiger partial charge >= 0.3 is 5.97 Å². The number of phenolic OH excluding ortho intramolecular Hbond substituents is 1. The smallest absolute Gasteiger partial charge is 0.328 e. The number of aliphatic hydroxyl groups excluding tert-OH is 1. The largest absolute Gasteiger partial charge is 0.507 e. The monoisotopic (exact) mass is 351 g/mol. The molecule has 4 N–H and O–H groups in total. The first-order chi connectivity index (χ1) is 7.95. The van der Waals surface area contributed by atoms with Crippen LogP contribution in [-0.2, 0) is 4.79 Å². The predicted octanol–water partition coefficient (Wildman–Crippen LogP) is 0.172. The molecule has 0 aliphatic carbocycles. The molecule has 0 aliphatic heterocycles. The normalized spacial score (nSPS) is 11.9. The molecule has 0 aromatic heterocycles. The van der Waals surface area contributed by atoms with E-state index in [-0.39, 0.29) is 11.3 Å². The third-order valence-electron chi connectivity index (χ3n) is 1.99. The Morgan fingerprint density at radius 1 is 1.41 bits per heavy atom. The molecule has 7 heteroatoms. The number of carbonyl (C=O) groups is 2. The number of carbonyl (C=O) groups excluding carboxylic acids is 1. The van der Waals surface area contributed by atoms with Crippen molar-refractivity contribution in [2.24, 2.45) is 0 Å². The Bertz CT molecular complexity index is 448. The molecule has 6 nitrogen and oxygen atoms in total. The first kappa shape index (κ1) is 13.7. The highest BCUT2D eigenvalue weighted by molar-refractivity contribution is 14.1. The fourth-order valence-electron chi connectivity index (χ4n) is 1.11. The summed E-state index contributed by atoms with van der Waals surface area (Å²) < 4.78 is 0.724. The molecule has 0 heterocycles. The number of aromatic hydroxyl groups is 1. The van der Waals surface area contributed by atoms with E-state index in [2.05, 4.69) is 5.32 Å². The van der Waals surface area contributed by atoms with E-state index in [0.717, 1.165) is 3.57 Å². The molecule has 1 aromatic carbocycles. The van der Waals surface area contributed by atoms with E-state index in [0.29, 0.717) is 0 Å². The van der Waals surface area contributed by atoms with Crippen molar-refractivity contribution < 1.29 is 24.9 Å². The quantitative estimate of drug-likeness (QED) is 0.579. The van der Waals surface area contributed by atoms with Gasteiger partial charge in [0.05, 0.1) is 12.2 Å². The fraction of sp³-hybridized carbons (Fsp3) is 0.200. The molecule has 1 atom stereocenters. The number of carboxylic acids is 1. The van der Waals surface area contributed by atoms with Crippen LogP contribution < -0.4 is 5.32 Å². The molecule has 92 valence electrons. The zero-order chi connectivity index (χ0) is 13.0. The van der Waals surface area contributed by atoms with Gasteiger partial charge < -0.3 is 20.6 Å². The maximum absolute atomic E-state index is 11.6.